The van der Waals surface area contributed by atoms with Crippen LogP contribution in [0.15, 0.2) is 24.9 Å². The van der Waals surface area contributed by atoms with Gasteiger partial charge in [-0.15, -0.1) is 0 Å². The summed E-state index contributed by atoms with van der Waals surface area (Å²) < 4.78 is 36.6. The molecule has 0 saturated carbocycles. The van der Waals surface area contributed by atoms with E-state index in [9.17, 15) is 13.2 Å². The van der Waals surface area contributed by atoms with Gasteiger partial charge in [-0.25, -0.2) is 0 Å². The van der Waals surface area contributed by atoms with Crippen molar-refractivity contribution in [3.05, 3.63) is 24.9 Å². The van der Waals surface area contributed by atoms with Gasteiger partial charge in [0.25, 0.3) is 6.01 Å². The lowest BCUT2D eigenvalue weighted by atomic mass is 11.0. The first-order valence-corrected chi connectivity index (χ1v) is 1.65. The summed E-state index contributed by atoms with van der Waals surface area (Å²) in [6.45, 7) is 2.56. The number of hydrogen-bond donors (Lipinski definition) is 0. The first-order valence-electron chi connectivity index (χ1n) is 1.65. The van der Waals surface area contributed by atoms with Gasteiger partial charge in [-0.1, -0.05) is 0 Å². The molecular formula is C4H3F3O. The van der Waals surface area contributed by atoms with Gasteiger partial charge < -0.3 is 4.74 Å². The van der Waals surface area contributed by atoms with E-state index in [1.165, 1.54) is 0 Å². The maximum Gasteiger partial charge on any atom is 0.305 e. The summed E-state index contributed by atoms with van der Waals surface area (Å²) in [4.78, 5) is 0. The molecule has 0 aliphatic heterocycles. The summed E-state index contributed by atoms with van der Waals surface area (Å²) in [5, 5.41) is 0. The molecule has 4 heteroatoms. The van der Waals surface area contributed by atoms with Gasteiger partial charge in [-0.05, 0) is 6.58 Å². The summed E-state index contributed by atoms with van der Waals surface area (Å²) in [5.74, 6) is 0. The number of halogens is 3. The summed E-state index contributed by atoms with van der Waals surface area (Å²) in [5.41, 5.74) is 0. The van der Waals surface area contributed by atoms with Crippen LogP contribution in [0, 0.1) is 0 Å². The molecule has 0 aliphatic carbocycles. The van der Waals surface area contributed by atoms with Gasteiger partial charge in [0.1, 0.15) is 0 Å². The predicted octanol–water partition coefficient (Wildman–Crippen LogP) is 2.18. The van der Waals surface area contributed by atoms with Crippen LogP contribution in [0.5, 0.6) is 0 Å². The van der Waals surface area contributed by atoms with Crippen LogP contribution < -0.4 is 0 Å². The predicted molar refractivity (Wildman–Crippen MR) is 21.6 cm³/mol. The molecule has 46 valence electrons. The average molecular weight is 124 g/mol. The molecule has 0 N–H and O–H groups in total. The highest BCUT2D eigenvalue weighted by Gasteiger charge is 1.88. The standard InChI is InChI=1S/C4H3F3O/c1-3(5)8-2-4(6)7/h2H,1H2. The maximum atomic E-state index is 11.3. The van der Waals surface area contributed by atoms with E-state index in [0.717, 1.165) is 0 Å². The zero-order valence-electron chi connectivity index (χ0n) is 3.83. The fourth-order valence-electron chi connectivity index (χ4n) is 0.108. The van der Waals surface area contributed by atoms with E-state index in [1.807, 2.05) is 0 Å². The van der Waals surface area contributed by atoms with Crippen LogP contribution in [0.4, 0.5) is 13.2 Å². The Morgan fingerprint density at radius 1 is 1.38 bits per heavy atom. The molecule has 0 atom stereocenters. The van der Waals surface area contributed by atoms with E-state index in [4.69, 9.17) is 0 Å². The van der Waals surface area contributed by atoms with E-state index in [1.54, 1.807) is 0 Å². The fourth-order valence-corrected chi connectivity index (χ4v) is 0.108. The molecule has 8 heavy (non-hydrogen) atoms. The molecule has 0 aromatic heterocycles. The van der Waals surface area contributed by atoms with Crippen LogP contribution in [0.1, 0.15) is 0 Å². The third-order valence-electron chi connectivity index (χ3n) is 0.276. The van der Waals surface area contributed by atoms with Gasteiger partial charge in [0.2, 0.25) is 0 Å². The van der Waals surface area contributed by atoms with E-state index in [2.05, 4.69) is 11.3 Å². The molecule has 0 unspecified atom stereocenters. The van der Waals surface area contributed by atoms with Crippen molar-refractivity contribution in [1.82, 2.24) is 0 Å². The molecule has 0 aromatic rings. The Bertz CT molecular complexity index is 114. The Hall–Kier alpha value is -0.930. The minimum atomic E-state index is -2.09. The fraction of sp³-hybridized carbons (Fsp3) is 0. The van der Waals surface area contributed by atoms with Crippen LogP contribution in [-0.4, -0.2) is 0 Å². The summed E-state index contributed by atoms with van der Waals surface area (Å²) in [6.07, 6.45) is -2.12. The molecule has 0 spiro atoms. The van der Waals surface area contributed by atoms with Gasteiger partial charge in [-0.3, -0.25) is 0 Å². The van der Waals surface area contributed by atoms with Crippen molar-refractivity contribution >= 4 is 0 Å². The molecule has 0 fully saturated rings. The molecule has 0 bridgehead atoms. The monoisotopic (exact) mass is 124 g/mol. The molecule has 0 radical (unpaired) electrons. The second-order valence-electron chi connectivity index (χ2n) is 0.880. The molecular weight excluding hydrogens is 121 g/mol. The van der Waals surface area contributed by atoms with Crippen molar-refractivity contribution in [2.24, 2.45) is 0 Å². The molecule has 0 amide bonds. The number of hydrogen-bond acceptors (Lipinski definition) is 1. The van der Waals surface area contributed by atoms with Gasteiger partial charge in [0.15, 0.2) is 6.26 Å². The number of ether oxygens (including phenoxy) is 1. The zero-order chi connectivity index (χ0) is 6.57. The third kappa shape index (κ3) is 5.07. The summed E-state index contributed by atoms with van der Waals surface area (Å²) in [7, 11) is 0. The minimum Gasteiger partial charge on any atom is -0.434 e. The van der Waals surface area contributed by atoms with Crippen molar-refractivity contribution in [2.75, 3.05) is 0 Å². The molecule has 0 saturated heterocycles. The van der Waals surface area contributed by atoms with Gasteiger partial charge >= 0.3 is 6.08 Å². The van der Waals surface area contributed by atoms with Gasteiger partial charge in [-0.2, -0.15) is 13.2 Å². The number of rotatable bonds is 2. The van der Waals surface area contributed by atoms with E-state index in [-0.39, 0.29) is 6.26 Å². The lowest BCUT2D eigenvalue weighted by molar-refractivity contribution is 0.227. The minimum absolute atomic E-state index is 0.0255. The van der Waals surface area contributed by atoms with E-state index in [0.29, 0.717) is 0 Å². The quantitative estimate of drug-likeness (QED) is 0.512. The second-order valence-corrected chi connectivity index (χ2v) is 0.880. The lowest BCUT2D eigenvalue weighted by Crippen LogP contribution is -1.71. The van der Waals surface area contributed by atoms with Gasteiger partial charge in [0.05, 0.1) is 0 Å². The molecule has 0 rings (SSSR count). The Labute approximate surface area is 44.1 Å². The van der Waals surface area contributed by atoms with Crippen LogP contribution in [0.2, 0.25) is 0 Å². The molecule has 0 aliphatic rings. The van der Waals surface area contributed by atoms with Crippen molar-refractivity contribution in [3.8, 4) is 0 Å². The topological polar surface area (TPSA) is 9.23 Å². The Morgan fingerprint density at radius 2 is 1.88 bits per heavy atom. The normalized spacial score (nSPS) is 7.88. The van der Waals surface area contributed by atoms with Crippen LogP contribution in [0.25, 0.3) is 0 Å². The third-order valence-corrected chi connectivity index (χ3v) is 0.276. The molecule has 0 heterocycles. The zero-order valence-corrected chi connectivity index (χ0v) is 3.83. The van der Waals surface area contributed by atoms with Crippen molar-refractivity contribution < 1.29 is 17.9 Å². The van der Waals surface area contributed by atoms with Crippen LogP contribution >= 0.6 is 0 Å². The van der Waals surface area contributed by atoms with Crippen LogP contribution in [-0.2, 0) is 4.74 Å². The largest absolute Gasteiger partial charge is 0.434 e. The SMILES string of the molecule is C=C(F)OC=C(F)F. The highest BCUT2D eigenvalue weighted by Crippen LogP contribution is 2.01. The highest BCUT2D eigenvalue weighted by atomic mass is 19.3. The molecule has 0 aromatic carbocycles. The van der Waals surface area contributed by atoms with Crippen molar-refractivity contribution in [2.45, 2.75) is 0 Å². The first kappa shape index (κ1) is 7.07. The Kier molecular flexibility index (Phi) is 2.76. The van der Waals surface area contributed by atoms with Crippen molar-refractivity contribution in [1.29, 1.82) is 0 Å². The van der Waals surface area contributed by atoms with E-state index < -0.39 is 12.1 Å². The average Bonchev–Trinajstić information content (AvgIpc) is 1.61. The Balaban J connectivity index is 3.45. The lowest BCUT2D eigenvalue weighted by Gasteiger charge is -1.87. The highest BCUT2D eigenvalue weighted by molar-refractivity contribution is 4.76. The maximum absolute atomic E-state index is 11.3. The van der Waals surface area contributed by atoms with Gasteiger partial charge in [0, 0.05) is 0 Å². The van der Waals surface area contributed by atoms with Crippen molar-refractivity contribution in [3.63, 3.8) is 0 Å². The van der Waals surface area contributed by atoms with E-state index >= 15 is 0 Å². The smallest absolute Gasteiger partial charge is 0.305 e. The second kappa shape index (κ2) is 3.12. The molecule has 1 nitrogen and oxygen atoms in total. The summed E-state index contributed by atoms with van der Waals surface area (Å²) in [6, 6.07) is -1.25. The summed E-state index contributed by atoms with van der Waals surface area (Å²) >= 11 is 0. The first-order chi connectivity index (χ1) is 3.63. The Morgan fingerprint density at radius 3 is 2.00 bits per heavy atom. The van der Waals surface area contributed by atoms with Crippen LogP contribution in [0.3, 0.4) is 0 Å².